The highest BCUT2D eigenvalue weighted by Gasteiger charge is 2.25. The first kappa shape index (κ1) is 16.0. The van der Waals surface area contributed by atoms with Gasteiger partial charge in [-0.3, -0.25) is 4.79 Å². The number of aromatic nitrogens is 1. The van der Waals surface area contributed by atoms with Gasteiger partial charge in [-0.2, -0.15) is 0 Å². The molecule has 0 spiro atoms. The highest BCUT2D eigenvalue weighted by molar-refractivity contribution is 6.33. The average molecular weight is 312 g/mol. The van der Waals surface area contributed by atoms with E-state index in [1.807, 2.05) is 7.05 Å². The normalized spacial score (nSPS) is 16.8. The van der Waals surface area contributed by atoms with Crippen LogP contribution >= 0.6 is 11.6 Å². The number of hydrazine groups is 1. The highest BCUT2D eigenvalue weighted by Crippen LogP contribution is 2.22. The van der Waals surface area contributed by atoms with E-state index < -0.39 is 0 Å². The third kappa shape index (κ3) is 3.64. The van der Waals surface area contributed by atoms with Crippen molar-refractivity contribution in [1.29, 1.82) is 0 Å². The van der Waals surface area contributed by atoms with Crippen molar-refractivity contribution in [2.45, 2.75) is 25.8 Å². The van der Waals surface area contributed by atoms with Crippen LogP contribution in [-0.4, -0.2) is 53.4 Å². The van der Waals surface area contributed by atoms with Crippen LogP contribution in [0.15, 0.2) is 12.3 Å². The van der Waals surface area contributed by atoms with Gasteiger partial charge in [-0.25, -0.2) is 10.8 Å². The molecule has 0 radical (unpaired) electrons. The lowest BCUT2D eigenvalue weighted by molar-refractivity contribution is 0.0646. The van der Waals surface area contributed by atoms with Gasteiger partial charge in [0.25, 0.3) is 5.91 Å². The highest BCUT2D eigenvalue weighted by atomic mass is 35.5. The number of rotatable bonds is 4. The van der Waals surface area contributed by atoms with Crippen LogP contribution in [0.4, 0.5) is 5.82 Å². The number of halogens is 1. The lowest BCUT2D eigenvalue weighted by atomic mass is 10.0. The molecule has 0 aliphatic carbocycles. The van der Waals surface area contributed by atoms with Crippen molar-refractivity contribution in [1.82, 2.24) is 14.8 Å². The summed E-state index contributed by atoms with van der Waals surface area (Å²) in [5.74, 6) is 5.60. The van der Waals surface area contributed by atoms with Gasteiger partial charge in [0.2, 0.25) is 0 Å². The number of pyridine rings is 1. The van der Waals surface area contributed by atoms with E-state index in [0.29, 0.717) is 16.4 Å². The molecule has 1 aliphatic rings. The van der Waals surface area contributed by atoms with Crippen molar-refractivity contribution < 1.29 is 4.79 Å². The van der Waals surface area contributed by atoms with Crippen LogP contribution in [0.1, 0.15) is 30.1 Å². The van der Waals surface area contributed by atoms with Crippen LogP contribution in [0.25, 0.3) is 0 Å². The molecular weight excluding hydrogens is 290 g/mol. The Kier molecular flexibility index (Phi) is 5.39. The topological polar surface area (TPSA) is 74.5 Å². The maximum atomic E-state index is 12.5. The van der Waals surface area contributed by atoms with E-state index in [4.69, 9.17) is 17.4 Å². The molecule has 1 saturated heterocycles. The Balaban J connectivity index is 2.04. The molecule has 116 valence electrons. The van der Waals surface area contributed by atoms with Crippen LogP contribution in [0.2, 0.25) is 5.02 Å². The van der Waals surface area contributed by atoms with Crippen LogP contribution in [0, 0.1) is 0 Å². The number of nitrogens with one attached hydrogen (secondary N) is 1. The Bertz CT molecular complexity index is 502. The number of amides is 1. The first-order valence-corrected chi connectivity index (χ1v) is 7.56. The zero-order valence-electron chi connectivity index (χ0n) is 12.5. The number of nitrogens with two attached hydrogens (primary N) is 1. The molecule has 3 N–H and O–H groups in total. The minimum Gasteiger partial charge on any atom is -0.339 e. The van der Waals surface area contributed by atoms with Gasteiger partial charge in [0.15, 0.2) is 5.82 Å². The summed E-state index contributed by atoms with van der Waals surface area (Å²) in [5.41, 5.74) is 2.88. The average Bonchev–Trinajstić information content (AvgIpc) is 2.53. The molecule has 6 nitrogen and oxygen atoms in total. The molecule has 21 heavy (non-hydrogen) atoms. The molecule has 1 aromatic heterocycles. The third-order valence-corrected chi connectivity index (χ3v) is 4.39. The number of hydrogen-bond donors (Lipinski definition) is 2. The fourth-order valence-electron chi connectivity index (χ4n) is 2.65. The van der Waals surface area contributed by atoms with Crippen LogP contribution in [0.5, 0.6) is 0 Å². The van der Waals surface area contributed by atoms with Crippen LogP contribution in [0.3, 0.4) is 0 Å². The molecule has 1 fully saturated rings. The van der Waals surface area contributed by atoms with Crippen molar-refractivity contribution in [3.8, 4) is 0 Å². The van der Waals surface area contributed by atoms with E-state index in [2.05, 4.69) is 22.2 Å². The largest absolute Gasteiger partial charge is 0.339 e. The minimum absolute atomic E-state index is 0.0529. The van der Waals surface area contributed by atoms with Crippen LogP contribution in [-0.2, 0) is 0 Å². The van der Waals surface area contributed by atoms with E-state index in [1.54, 1.807) is 11.0 Å². The molecule has 1 aromatic rings. The van der Waals surface area contributed by atoms with Gasteiger partial charge in [-0.15, -0.1) is 0 Å². The molecule has 1 aliphatic heterocycles. The second-order valence-corrected chi connectivity index (χ2v) is 5.69. The summed E-state index contributed by atoms with van der Waals surface area (Å²) in [6.07, 6.45) is 3.50. The van der Waals surface area contributed by atoms with Gasteiger partial charge >= 0.3 is 0 Å². The van der Waals surface area contributed by atoms with Crippen LogP contribution < -0.4 is 11.3 Å². The summed E-state index contributed by atoms with van der Waals surface area (Å²) >= 11 is 6.02. The predicted molar refractivity (Wildman–Crippen MR) is 84.3 cm³/mol. The Labute approximate surface area is 130 Å². The summed E-state index contributed by atoms with van der Waals surface area (Å²) in [4.78, 5) is 20.8. The maximum Gasteiger partial charge on any atom is 0.255 e. The summed E-state index contributed by atoms with van der Waals surface area (Å²) in [5, 5.41) is 0.345. The van der Waals surface area contributed by atoms with Gasteiger partial charge in [-0.05, 0) is 25.5 Å². The fraction of sp³-hybridized carbons (Fsp3) is 0.571. The predicted octanol–water partition coefficient (Wildman–Crippen LogP) is 1.58. The number of piperidine rings is 1. The van der Waals surface area contributed by atoms with E-state index in [-0.39, 0.29) is 11.9 Å². The minimum atomic E-state index is -0.0529. The Morgan fingerprint density at radius 2 is 2.24 bits per heavy atom. The lowest BCUT2D eigenvalue weighted by Crippen LogP contribution is -2.45. The molecule has 2 heterocycles. The standard InChI is InChI=1S/C14H22ClN5O/c1-3-20-6-4-11(5-7-20)19(2)14(21)10-8-12(15)13(18-16)17-9-10/h8-9,11H,3-7,16H2,1-2H3,(H,17,18). The number of nitrogens with zero attached hydrogens (tertiary/aromatic N) is 3. The first-order valence-electron chi connectivity index (χ1n) is 7.18. The smallest absolute Gasteiger partial charge is 0.255 e. The number of hydrogen-bond acceptors (Lipinski definition) is 5. The Morgan fingerprint density at radius 3 is 2.76 bits per heavy atom. The van der Waals surface area contributed by atoms with Gasteiger partial charge < -0.3 is 15.2 Å². The zero-order valence-corrected chi connectivity index (χ0v) is 13.2. The Hall–Kier alpha value is -1.37. The molecule has 1 amide bonds. The van der Waals surface area contributed by atoms with Gasteiger partial charge in [0.05, 0.1) is 10.6 Å². The molecule has 7 heteroatoms. The number of carbonyl (C=O) groups excluding carboxylic acids is 1. The quantitative estimate of drug-likeness (QED) is 0.652. The summed E-state index contributed by atoms with van der Waals surface area (Å²) in [7, 11) is 1.84. The lowest BCUT2D eigenvalue weighted by Gasteiger charge is -2.36. The maximum absolute atomic E-state index is 12.5. The summed E-state index contributed by atoms with van der Waals surface area (Å²) in [6, 6.07) is 1.87. The monoisotopic (exact) mass is 311 g/mol. The first-order chi connectivity index (χ1) is 10.1. The van der Waals surface area contributed by atoms with Crippen molar-refractivity contribution in [2.24, 2.45) is 5.84 Å². The number of likely N-dealkylation sites (tertiary alicyclic amines) is 1. The fourth-order valence-corrected chi connectivity index (χ4v) is 2.87. The van der Waals surface area contributed by atoms with Crippen molar-refractivity contribution in [2.75, 3.05) is 32.1 Å². The third-order valence-electron chi connectivity index (χ3n) is 4.10. The molecule has 0 atom stereocenters. The van der Waals surface area contributed by atoms with Gasteiger partial charge in [0, 0.05) is 32.4 Å². The molecule has 0 unspecified atom stereocenters. The van der Waals surface area contributed by atoms with E-state index in [9.17, 15) is 4.79 Å². The Morgan fingerprint density at radius 1 is 1.57 bits per heavy atom. The van der Waals surface area contributed by atoms with Crippen molar-refractivity contribution in [3.63, 3.8) is 0 Å². The molecule has 2 rings (SSSR count). The second-order valence-electron chi connectivity index (χ2n) is 5.28. The van der Waals surface area contributed by atoms with Crippen molar-refractivity contribution >= 4 is 23.3 Å². The number of carbonyl (C=O) groups is 1. The summed E-state index contributed by atoms with van der Waals surface area (Å²) < 4.78 is 0. The molecular formula is C14H22ClN5O. The number of anilines is 1. The molecule has 0 saturated carbocycles. The summed E-state index contributed by atoms with van der Waals surface area (Å²) in [6.45, 7) is 5.30. The SMILES string of the molecule is CCN1CCC(N(C)C(=O)c2cnc(NN)c(Cl)c2)CC1. The van der Waals surface area contributed by atoms with E-state index in [0.717, 1.165) is 32.5 Å². The van der Waals surface area contributed by atoms with E-state index >= 15 is 0 Å². The number of nitrogen functional groups attached to an aromatic ring is 1. The van der Waals surface area contributed by atoms with E-state index in [1.165, 1.54) is 6.20 Å². The van der Waals surface area contributed by atoms with Gasteiger partial charge in [-0.1, -0.05) is 18.5 Å². The van der Waals surface area contributed by atoms with Crippen molar-refractivity contribution in [3.05, 3.63) is 22.8 Å². The second kappa shape index (κ2) is 7.06. The molecule has 0 bridgehead atoms. The zero-order chi connectivity index (χ0) is 15.4. The molecule has 0 aromatic carbocycles. The van der Waals surface area contributed by atoms with Gasteiger partial charge in [0.1, 0.15) is 0 Å².